The normalized spacial score (nSPS) is 21.0. The number of nitrogens with one attached hydrogen (secondary N) is 1. The lowest BCUT2D eigenvalue weighted by Crippen LogP contribution is -2.43. The molecule has 1 aromatic carbocycles. The average Bonchev–Trinajstić information content (AvgIpc) is 2.63. The zero-order chi connectivity index (χ0) is 15.2. The minimum atomic E-state index is 0.0442. The van der Waals surface area contributed by atoms with Crippen molar-refractivity contribution >= 4 is 17.3 Å². The Balaban J connectivity index is 1.92. The van der Waals surface area contributed by atoms with Crippen molar-refractivity contribution in [3.63, 3.8) is 0 Å². The van der Waals surface area contributed by atoms with Gasteiger partial charge in [-0.1, -0.05) is 6.92 Å². The first-order valence-corrected chi connectivity index (χ1v) is 7.66. The van der Waals surface area contributed by atoms with Crippen LogP contribution in [0, 0.1) is 0 Å². The molecule has 1 saturated heterocycles. The first-order valence-electron chi connectivity index (χ1n) is 7.66. The van der Waals surface area contributed by atoms with Crippen molar-refractivity contribution in [3.8, 4) is 0 Å². The van der Waals surface area contributed by atoms with Crippen molar-refractivity contribution in [2.45, 2.75) is 25.8 Å². The standard InChI is InChI=1S/C16H26N4O/c1-3-15-11-19(2)9-4-10-20(15)12-16(21)18-14-7-5-13(17)6-8-14/h5-8,15H,3-4,9-12,17H2,1-2H3,(H,18,21). The van der Waals surface area contributed by atoms with Crippen molar-refractivity contribution in [2.75, 3.05) is 44.3 Å². The Labute approximate surface area is 127 Å². The molecule has 5 heteroatoms. The first kappa shape index (κ1) is 15.8. The van der Waals surface area contributed by atoms with Crippen LogP contribution in [-0.4, -0.2) is 55.0 Å². The second-order valence-electron chi connectivity index (χ2n) is 5.82. The molecule has 3 N–H and O–H groups in total. The molecule has 21 heavy (non-hydrogen) atoms. The zero-order valence-electron chi connectivity index (χ0n) is 13.0. The van der Waals surface area contributed by atoms with E-state index in [0.717, 1.165) is 38.2 Å². The maximum Gasteiger partial charge on any atom is 0.238 e. The number of carbonyl (C=O) groups excluding carboxylic acids is 1. The summed E-state index contributed by atoms with van der Waals surface area (Å²) < 4.78 is 0. The minimum Gasteiger partial charge on any atom is -0.399 e. The molecule has 5 nitrogen and oxygen atoms in total. The molecule has 0 aliphatic carbocycles. The van der Waals surface area contributed by atoms with Crippen LogP contribution in [0.25, 0.3) is 0 Å². The third-order valence-corrected chi connectivity index (χ3v) is 4.04. The molecule has 0 spiro atoms. The van der Waals surface area contributed by atoms with E-state index in [2.05, 4.69) is 29.1 Å². The van der Waals surface area contributed by atoms with Crippen molar-refractivity contribution in [3.05, 3.63) is 24.3 Å². The van der Waals surface area contributed by atoms with Gasteiger partial charge in [0.15, 0.2) is 0 Å². The van der Waals surface area contributed by atoms with E-state index in [9.17, 15) is 4.79 Å². The highest BCUT2D eigenvalue weighted by atomic mass is 16.2. The molecule has 0 bridgehead atoms. The molecule has 0 aromatic heterocycles. The van der Waals surface area contributed by atoms with Crippen molar-refractivity contribution in [1.29, 1.82) is 0 Å². The monoisotopic (exact) mass is 290 g/mol. The van der Waals surface area contributed by atoms with Crippen LogP contribution in [0.5, 0.6) is 0 Å². The van der Waals surface area contributed by atoms with Crippen LogP contribution in [0.2, 0.25) is 0 Å². The zero-order valence-corrected chi connectivity index (χ0v) is 13.0. The molecular formula is C16H26N4O. The molecule has 1 aliphatic heterocycles. The molecule has 116 valence electrons. The summed E-state index contributed by atoms with van der Waals surface area (Å²) in [7, 11) is 2.15. The van der Waals surface area contributed by atoms with Gasteiger partial charge < -0.3 is 16.0 Å². The molecule has 1 atom stereocenters. The number of nitrogens with two attached hydrogens (primary N) is 1. The molecular weight excluding hydrogens is 264 g/mol. The van der Waals surface area contributed by atoms with Gasteiger partial charge in [0, 0.05) is 30.5 Å². The predicted molar refractivity (Wildman–Crippen MR) is 87.3 cm³/mol. The number of hydrogen-bond acceptors (Lipinski definition) is 4. The van der Waals surface area contributed by atoms with Gasteiger partial charge in [-0.15, -0.1) is 0 Å². The van der Waals surface area contributed by atoms with E-state index in [1.807, 2.05) is 12.1 Å². The lowest BCUT2D eigenvalue weighted by Gasteiger charge is -2.29. The maximum atomic E-state index is 12.2. The number of anilines is 2. The van der Waals surface area contributed by atoms with Crippen LogP contribution in [0.4, 0.5) is 11.4 Å². The molecule has 1 aliphatic rings. The van der Waals surface area contributed by atoms with Crippen molar-refractivity contribution in [2.24, 2.45) is 0 Å². The van der Waals surface area contributed by atoms with Crippen LogP contribution >= 0.6 is 0 Å². The second kappa shape index (κ2) is 7.43. The fraction of sp³-hybridized carbons (Fsp3) is 0.562. The molecule has 0 saturated carbocycles. The molecule has 0 radical (unpaired) electrons. The Kier molecular flexibility index (Phi) is 5.59. The van der Waals surface area contributed by atoms with Gasteiger partial charge in [-0.25, -0.2) is 0 Å². The summed E-state index contributed by atoms with van der Waals surface area (Å²) in [6.07, 6.45) is 2.18. The summed E-state index contributed by atoms with van der Waals surface area (Å²) >= 11 is 0. The SMILES string of the molecule is CCC1CN(C)CCCN1CC(=O)Nc1ccc(N)cc1. The number of nitrogens with zero attached hydrogens (tertiary/aromatic N) is 2. The van der Waals surface area contributed by atoms with E-state index >= 15 is 0 Å². The van der Waals surface area contributed by atoms with Gasteiger partial charge >= 0.3 is 0 Å². The lowest BCUT2D eigenvalue weighted by molar-refractivity contribution is -0.117. The second-order valence-corrected chi connectivity index (χ2v) is 5.82. The number of benzene rings is 1. The van der Waals surface area contributed by atoms with Crippen LogP contribution in [0.15, 0.2) is 24.3 Å². The number of hydrogen-bond donors (Lipinski definition) is 2. The van der Waals surface area contributed by atoms with Crippen LogP contribution < -0.4 is 11.1 Å². The topological polar surface area (TPSA) is 61.6 Å². The summed E-state index contributed by atoms with van der Waals surface area (Å²) in [5.74, 6) is 0.0442. The van der Waals surface area contributed by atoms with Crippen LogP contribution in [0.3, 0.4) is 0 Å². The van der Waals surface area contributed by atoms with Gasteiger partial charge in [-0.2, -0.15) is 0 Å². The molecule has 1 heterocycles. The Bertz CT molecular complexity index is 460. The van der Waals surface area contributed by atoms with Gasteiger partial charge in [0.25, 0.3) is 0 Å². The average molecular weight is 290 g/mol. The van der Waals surface area contributed by atoms with Crippen LogP contribution in [-0.2, 0) is 4.79 Å². The van der Waals surface area contributed by atoms with Crippen molar-refractivity contribution < 1.29 is 4.79 Å². The highest BCUT2D eigenvalue weighted by Crippen LogP contribution is 2.13. The van der Waals surface area contributed by atoms with Gasteiger partial charge in [-0.3, -0.25) is 9.69 Å². The van der Waals surface area contributed by atoms with E-state index in [4.69, 9.17) is 5.73 Å². The van der Waals surface area contributed by atoms with E-state index in [1.165, 1.54) is 0 Å². The van der Waals surface area contributed by atoms with Gasteiger partial charge in [-0.05, 0) is 50.7 Å². The minimum absolute atomic E-state index is 0.0442. The van der Waals surface area contributed by atoms with Crippen LogP contribution in [0.1, 0.15) is 19.8 Å². The Morgan fingerprint density at radius 2 is 2.05 bits per heavy atom. The van der Waals surface area contributed by atoms with Gasteiger partial charge in [0.05, 0.1) is 6.54 Å². The summed E-state index contributed by atoms with van der Waals surface area (Å²) in [5.41, 5.74) is 7.15. The molecule has 1 unspecified atom stereocenters. The predicted octanol–water partition coefficient (Wildman–Crippen LogP) is 1.62. The fourth-order valence-corrected chi connectivity index (χ4v) is 2.84. The fourth-order valence-electron chi connectivity index (χ4n) is 2.84. The summed E-state index contributed by atoms with van der Waals surface area (Å²) in [4.78, 5) is 16.9. The Hall–Kier alpha value is -1.59. The maximum absolute atomic E-state index is 12.2. The smallest absolute Gasteiger partial charge is 0.238 e. The van der Waals surface area contributed by atoms with E-state index in [1.54, 1.807) is 12.1 Å². The van der Waals surface area contributed by atoms with E-state index in [0.29, 0.717) is 18.3 Å². The summed E-state index contributed by atoms with van der Waals surface area (Å²) in [5, 5.41) is 2.94. The molecule has 1 fully saturated rings. The quantitative estimate of drug-likeness (QED) is 0.827. The number of amides is 1. The lowest BCUT2D eigenvalue weighted by atomic mass is 10.2. The number of rotatable bonds is 4. The van der Waals surface area contributed by atoms with Gasteiger partial charge in [0.2, 0.25) is 5.91 Å². The molecule has 1 aromatic rings. The molecule has 1 amide bonds. The summed E-state index contributed by atoms with van der Waals surface area (Å²) in [6.45, 7) is 5.77. The number of likely N-dealkylation sites (N-methyl/N-ethyl adjacent to an activating group) is 1. The third-order valence-electron chi connectivity index (χ3n) is 4.04. The third kappa shape index (κ3) is 4.72. The van der Waals surface area contributed by atoms with Crippen molar-refractivity contribution in [1.82, 2.24) is 9.80 Å². The first-order chi connectivity index (χ1) is 10.1. The number of carbonyl (C=O) groups is 1. The largest absolute Gasteiger partial charge is 0.399 e. The molecule has 2 rings (SSSR count). The number of nitrogen functional groups attached to an aromatic ring is 1. The van der Waals surface area contributed by atoms with E-state index < -0.39 is 0 Å². The summed E-state index contributed by atoms with van der Waals surface area (Å²) in [6, 6.07) is 7.72. The van der Waals surface area contributed by atoms with Gasteiger partial charge in [0.1, 0.15) is 0 Å². The Morgan fingerprint density at radius 1 is 1.33 bits per heavy atom. The van der Waals surface area contributed by atoms with E-state index in [-0.39, 0.29) is 5.91 Å². The highest BCUT2D eigenvalue weighted by Gasteiger charge is 2.23. The Morgan fingerprint density at radius 3 is 2.71 bits per heavy atom. The highest BCUT2D eigenvalue weighted by molar-refractivity contribution is 5.92.